The molecule has 1 aromatic rings. The Morgan fingerprint density at radius 3 is 2.85 bits per heavy atom. The highest BCUT2D eigenvalue weighted by Gasteiger charge is 2.24. The Morgan fingerprint density at radius 2 is 2.23 bits per heavy atom. The molecule has 0 radical (unpaired) electrons. The summed E-state index contributed by atoms with van der Waals surface area (Å²) >= 11 is 0. The topological polar surface area (TPSA) is 52.1 Å². The minimum atomic E-state index is 0.00556. The number of ketones is 1. The summed E-state index contributed by atoms with van der Waals surface area (Å²) in [4.78, 5) is 19.3. The van der Waals surface area contributed by atoms with Gasteiger partial charge in [-0.25, -0.2) is 9.97 Å². The first kappa shape index (κ1) is 8.31. The molecule has 0 aromatic carbocycles. The molecule has 4 nitrogen and oxygen atoms in total. The molecule has 1 fully saturated rings. The van der Waals surface area contributed by atoms with Crippen LogP contribution in [0.25, 0.3) is 0 Å². The average Bonchev–Trinajstić information content (AvgIpc) is 2.71. The number of Topliss-reactive ketones (excluding diaryl/α,β-unsaturated/α-hetero) is 1. The van der Waals surface area contributed by atoms with Crippen LogP contribution >= 0.6 is 0 Å². The molecule has 1 saturated heterocycles. The highest BCUT2D eigenvalue weighted by Crippen LogP contribution is 2.17. The van der Waals surface area contributed by atoms with E-state index in [-0.39, 0.29) is 11.7 Å². The van der Waals surface area contributed by atoms with E-state index < -0.39 is 0 Å². The van der Waals surface area contributed by atoms with Crippen LogP contribution in [-0.4, -0.2) is 29.0 Å². The van der Waals surface area contributed by atoms with Crippen molar-refractivity contribution in [3.63, 3.8) is 0 Å². The van der Waals surface area contributed by atoms with Crippen molar-refractivity contribution < 1.29 is 9.53 Å². The van der Waals surface area contributed by atoms with Crippen molar-refractivity contribution in [2.24, 2.45) is 5.92 Å². The van der Waals surface area contributed by atoms with E-state index in [2.05, 4.69) is 9.97 Å². The molecular formula is C9H10N2O2. The number of hydrogen-bond donors (Lipinski definition) is 0. The van der Waals surface area contributed by atoms with Gasteiger partial charge in [0.1, 0.15) is 6.33 Å². The number of nitrogens with zero attached hydrogens (tertiary/aromatic N) is 2. The molecule has 0 bridgehead atoms. The normalized spacial score (nSPS) is 21.7. The second-order valence-corrected chi connectivity index (χ2v) is 3.05. The number of hydrogen-bond acceptors (Lipinski definition) is 4. The third kappa shape index (κ3) is 1.72. The Kier molecular flexibility index (Phi) is 2.31. The first-order chi connectivity index (χ1) is 6.38. The van der Waals surface area contributed by atoms with Crippen LogP contribution in [-0.2, 0) is 4.74 Å². The van der Waals surface area contributed by atoms with Gasteiger partial charge in [0.25, 0.3) is 0 Å². The monoisotopic (exact) mass is 178 g/mol. The molecule has 68 valence electrons. The highest BCUT2D eigenvalue weighted by atomic mass is 16.5. The van der Waals surface area contributed by atoms with Crippen molar-refractivity contribution in [3.8, 4) is 0 Å². The summed E-state index contributed by atoms with van der Waals surface area (Å²) in [7, 11) is 0. The van der Waals surface area contributed by atoms with E-state index in [1.807, 2.05) is 0 Å². The lowest BCUT2D eigenvalue weighted by atomic mass is 9.99. The van der Waals surface area contributed by atoms with Crippen molar-refractivity contribution in [1.29, 1.82) is 0 Å². The Bertz CT molecular complexity index is 294. The molecule has 13 heavy (non-hydrogen) atoms. The molecule has 2 rings (SSSR count). The van der Waals surface area contributed by atoms with E-state index in [1.165, 1.54) is 6.33 Å². The van der Waals surface area contributed by atoms with Crippen LogP contribution in [0.3, 0.4) is 0 Å². The molecule has 4 heteroatoms. The fraction of sp³-hybridized carbons (Fsp3) is 0.444. The lowest BCUT2D eigenvalue weighted by Gasteiger charge is -2.04. The highest BCUT2D eigenvalue weighted by molar-refractivity contribution is 5.97. The van der Waals surface area contributed by atoms with Gasteiger partial charge in [0.15, 0.2) is 5.78 Å². The molecule has 0 N–H and O–H groups in total. The van der Waals surface area contributed by atoms with Crippen molar-refractivity contribution in [3.05, 3.63) is 24.3 Å². The second-order valence-electron chi connectivity index (χ2n) is 3.05. The lowest BCUT2D eigenvalue weighted by Crippen LogP contribution is -2.14. The summed E-state index contributed by atoms with van der Waals surface area (Å²) in [5.41, 5.74) is 0.581. The van der Waals surface area contributed by atoms with E-state index in [4.69, 9.17) is 4.74 Å². The summed E-state index contributed by atoms with van der Waals surface area (Å²) in [6.07, 6.45) is 5.33. The van der Waals surface area contributed by atoms with Crippen LogP contribution in [0.2, 0.25) is 0 Å². The molecule has 2 heterocycles. The summed E-state index contributed by atoms with van der Waals surface area (Å²) in [6.45, 7) is 1.22. The van der Waals surface area contributed by atoms with E-state index >= 15 is 0 Å². The van der Waals surface area contributed by atoms with Crippen LogP contribution in [0.5, 0.6) is 0 Å². The Labute approximate surface area is 76.0 Å². The maximum atomic E-state index is 11.7. The van der Waals surface area contributed by atoms with Gasteiger partial charge in [0, 0.05) is 24.9 Å². The van der Waals surface area contributed by atoms with E-state index in [1.54, 1.807) is 12.4 Å². The first-order valence-electron chi connectivity index (χ1n) is 4.25. The zero-order valence-electron chi connectivity index (χ0n) is 7.14. The molecule has 1 atom stereocenters. The number of carbonyl (C=O) groups is 1. The zero-order valence-corrected chi connectivity index (χ0v) is 7.14. The molecule has 1 unspecified atom stereocenters. The van der Waals surface area contributed by atoms with Gasteiger partial charge in [-0.3, -0.25) is 4.79 Å². The number of aromatic nitrogens is 2. The van der Waals surface area contributed by atoms with Crippen molar-refractivity contribution in [2.75, 3.05) is 13.2 Å². The van der Waals surface area contributed by atoms with Crippen LogP contribution < -0.4 is 0 Å². The van der Waals surface area contributed by atoms with Gasteiger partial charge in [-0.05, 0) is 6.42 Å². The van der Waals surface area contributed by atoms with Crippen LogP contribution in [0.15, 0.2) is 18.7 Å². The van der Waals surface area contributed by atoms with E-state index in [9.17, 15) is 4.79 Å². The lowest BCUT2D eigenvalue weighted by molar-refractivity contribution is 0.0899. The standard InChI is InChI=1S/C9H10N2O2/c12-9(7-1-2-13-5-7)8-3-10-6-11-4-8/h3-4,6-7H,1-2,5H2. The number of ether oxygens (including phenoxy) is 1. The van der Waals surface area contributed by atoms with Gasteiger partial charge in [-0.1, -0.05) is 0 Å². The maximum Gasteiger partial charge on any atom is 0.171 e. The Morgan fingerprint density at radius 1 is 1.46 bits per heavy atom. The maximum absolute atomic E-state index is 11.7. The molecular weight excluding hydrogens is 168 g/mol. The molecule has 0 saturated carbocycles. The molecule has 1 aliphatic heterocycles. The molecule has 1 aliphatic rings. The summed E-state index contributed by atoms with van der Waals surface area (Å²) in [5, 5.41) is 0. The van der Waals surface area contributed by atoms with Crippen LogP contribution in [0.4, 0.5) is 0 Å². The second kappa shape index (κ2) is 3.62. The zero-order chi connectivity index (χ0) is 9.10. The fourth-order valence-electron chi connectivity index (χ4n) is 1.40. The predicted molar refractivity (Wildman–Crippen MR) is 45.3 cm³/mol. The molecule has 0 amide bonds. The van der Waals surface area contributed by atoms with E-state index in [0.29, 0.717) is 18.8 Å². The molecule has 0 aliphatic carbocycles. The summed E-state index contributed by atoms with van der Waals surface area (Å²) in [5.74, 6) is 0.101. The first-order valence-corrected chi connectivity index (χ1v) is 4.25. The fourth-order valence-corrected chi connectivity index (χ4v) is 1.40. The van der Waals surface area contributed by atoms with Gasteiger partial charge in [-0.2, -0.15) is 0 Å². The van der Waals surface area contributed by atoms with E-state index in [0.717, 1.165) is 6.42 Å². The average molecular weight is 178 g/mol. The van der Waals surface area contributed by atoms with Gasteiger partial charge >= 0.3 is 0 Å². The largest absolute Gasteiger partial charge is 0.381 e. The van der Waals surface area contributed by atoms with Gasteiger partial charge in [-0.15, -0.1) is 0 Å². The third-order valence-corrected chi connectivity index (χ3v) is 2.15. The minimum Gasteiger partial charge on any atom is -0.381 e. The van der Waals surface area contributed by atoms with Crippen molar-refractivity contribution >= 4 is 5.78 Å². The number of rotatable bonds is 2. The molecule has 1 aromatic heterocycles. The van der Waals surface area contributed by atoms with Crippen molar-refractivity contribution in [2.45, 2.75) is 6.42 Å². The predicted octanol–water partition coefficient (Wildman–Crippen LogP) is 0.696. The summed E-state index contributed by atoms with van der Waals surface area (Å²) < 4.78 is 5.14. The quantitative estimate of drug-likeness (QED) is 0.625. The minimum absolute atomic E-state index is 0.00556. The molecule has 0 spiro atoms. The van der Waals surface area contributed by atoms with Gasteiger partial charge in [0.2, 0.25) is 0 Å². The Hall–Kier alpha value is -1.29. The summed E-state index contributed by atoms with van der Waals surface area (Å²) in [6, 6.07) is 0. The Balaban J connectivity index is 2.13. The van der Waals surface area contributed by atoms with Gasteiger partial charge < -0.3 is 4.74 Å². The third-order valence-electron chi connectivity index (χ3n) is 2.15. The smallest absolute Gasteiger partial charge is 0.171 e. The van der Waals surface area contributed by atoms with Crippen LogP contribution in [0, 0.1) is 5.92 Å². The van der Waals surface area contributed by atoms with Crippen molar-refractivity contribution in [1.82, 2.24) is 9.97 Å². The van der Waals surface area contributed by atoms with Gasteiger partial charge in [0.05, 0.1) is 12.2 Å². The SMILES string of the molecule is O=C(c1cncnc1)C1CCOC1. The van der Waals surface area contributed by atoms with Crippen LogP contribution in [0.1, 0.15) is 16.8 Å². The number of carbonyl (C=O) groups excluding carboxylic acids is 1.